The number of benzene rings is 1. The maximum absolute atomic E-state index is 11.6. The second-order valence-corrected chi connectivity index (χ2v) is 8.17. The summed E-state index contributed by atoms with van der Waals surface area (Å²) in [6, 6.07) is 5.79. The van der Waals surface area contributed by atoms with Crippen molar-refractivity contribution in [3.05, 3.63) is 24.3 Å². The molecule has 0 saturated carbocycles. The van der Waals surface area contributed by atoms with Crippen molar-refractivity contribution < 1.29 is 13.0 Å². The predicted molar refractivity (Wildman–Crippen MR) is 56.9 cm³/mol. The van der Waals surface area contributed by atoms with E-state index in [1.807, 2.05) is 0 Å². The Morgan fingerprint density at radius 2 is 1.57 bits per heavy atom. The third kappa shape index (κ3) is 2.67. The average Bonchev–Trinajstić information content (AvgIpc) is 2.01. The highest BCUT2D eigenvalue weighted by Crippen LogP contribution is 2.34. The van der Waals surface area contributed by atoms with Gasteiger partial charge in [0.15, 0.2) is 0 Å². The van der Waals surface area contributed by atoms with E-state index in [-0.39, 0.29) is 4.90 Å². The van der Waals surface area contributed by atoms with Crippen LogP contribution in [0.25, 0.3) is 0 Å². The van der Waals surface area contributed by atoms with Crippen molar-refractivity contribution in [1.29, 1.82) is 0 Å². The van der Waals surface area contributed by atoms with E-state index in [1.54, 1.807) is 13.3 Å². The summed E-state index contributed by atoms with van der Waals surface area (Å²) in [5, 5.41) is 5.56. The molecule has 0 aliphatic carbocycles. The maximum atomic E-state index is 11.6. The van der Waals surface area contributed by atoms with Gasteiger partial charge in [-0.15, -0.1) is 0 Å². The normalized spacial score (nSPS) is 12.8. The molecule has 14 heavy (non-hydrogen) atoms. The monoisotopic (exact) mass is 233 g/mol. The van der Waals surface area contributed by atoms with Gasteiger partial charge in [0.25, 0.3) is 0 Å². The van der Waals surface area contributed by atoms with Crippen LogP contribution in [0.15, 0.2) is 29.2 Å². The molecule has 0 atom stereocenters. The molecule has 4 nitrogen and oxygen atoms in total. The standard InChI is InChI=1S/C8H12NO3PS/c1-13(2,10)7-3-5-8(6-4-7)14(9,11)12/h3-6H,1-2H3,(H2,9,11,12). The van der Waals surface area contributed by atoms with Crippen molar-refractivity contribution >= 4 is 22.5 Å². The van der Waals surface area contributed by atoms with Crippen LogP contribution in [-0.4, -0.2) is 21.7 Å². The van der Waals surface area contributed by atoms with Crippen LogP contribution in [0.1, 0.15) is 0 Å². The Kier molecular flexibility index (Phi) is 2.86. The van der Waals surface area contributed by atoms with Crippen LogP contribution >= 0.6 is 7.14 Å². The Hall–Kier alpha value is -0.640. The molecule has 0 unspecified atom stereocenters. The van der Waals surface area contributed by atoms with Crippen LogP contribution in [0, 0.1) is 0 Å². The minimum atomic E-state index is -3.65. The molecule has 0 radical (unpaired) electrons. The van der Waals surface area contributed by atoms with E-state index in [2.05, 4.69) is 0 Å². The smallest absolute Gasteiger partial charge is 0.238 e. The van der Waals surface area contributed by atoms with Crippen molar-refractivity contribution in [3.8, 4) is 0 Å². The Bertz CT molecular complexity index is 472. The summed E-state index contributed by atoms with van der Waals surface area (Å²) in [5.74, 6) is 0. The molecule has 0 fully saturated rings. The van der Waals surface area contributed by atoms with Gasteiger partial charge in [0.05, 0.1) is 4.90 Å². The van der Waals surface area contributed by atoms with Crippen LogP contribution < -0.4 is 10.4 Å². The molecule has 1 aromatic carbocycles. The van der Waals surface area contributed by atoms with Gasteiger partial charge in [0, 0.05) is 5.30 Å². The molecule has 78 valence electrons. The number of nitrogens with two attached hydrogens (primary N) is 1. The largest absolute Gasteiger partial charge is 0.319 e. The molecule has 0 saturated heterocycles. The molecule has 6 heteroatoms. The molecule has 0 aliphatic rings. The summed E-state index contributed by atoms with van der Waals surface area (Å²) in [6.07, 6.45) is 0. The fourth-order valence-corrected chi connectivity index (χ4v) is 2.38. The zero-order chi connectivity index (χ0) is 11.0. The van der Waals surface area contributed by atoms with E-state index in [9.17, 15) is 13.0 Å². The zero-order valence-corrected chi connectivity index (χ0v) is 9.68. The lowest BCUT2D eigenvalue weighted by Gasteiger charge is -2.06. The number of sulfonamides is 1. The molecule has 0 spiro atoms. The third-order valence-electron chi connectivity index (χ3n) is 1.79. The number of hydrogen-bond acceptors (Lipinski definition) is 3. The molecule has 0 heterocycles. The molecule has 2 N–H and O–H groups in total. The molecule has 0 amide bonds. The van der Waals surface area contributed by atoms with Gasteiger partial charge in [0.2, 0.25) is 10.0 Å². The second-order valence-electron chi connectivity index (χ2n) is 3.39. The van der Waals surface area contributed by atoms with Crippen LogP contribution in [-0.2, 0) is 14.6 Å². The van der Waals surface area contributed by atoms with Crippen molar-refractivity contribution in [1.82, 2.24) is 0 Å². The lowest BCUT2D eigenvalue weighted by atomic mass is 10.4. The topological polar surface area (TPSA) is 77.2 Å². The van der Waals surface area contributed by atoms with E-state index in [0.717, 1.165) is 0 Å². The minimum Gasteiger partial charge on any atom is -0.319 e. The summed E-state index contributed by atoms with van der Waals surface area (Å²) in [4.78, 5) is 0.0368. The fourth-order valence-electron chi connectivity index (χ4n) is 0.995. The summed E-state index contributed by atoms with van der Waals surface area (Å²) < 4.78 is 33.4. The number of rotatable bonds is 2. The molecule has 0 aromatic heterocycles. The maximum Gasteiger partial charge on any atom is 0.238 e. The van der Waals surface area contributed by atoms with Crippen molar-refractivity contribution in [2.75, 3.05) is 13.3 Å². The highest BCUT2D eigenvalue weighted by molar-refractivity contribution is 7.89. The highest BCUT2D eigenvalue weighted by Gasteiger charge is 2.12. The quantitative estimate of drug-likeness (QED) is 0.759. The van der Waals surface area contributed by atoms with Crippen LogP contribution in [0.5, 0.6) is 0 Å². The van der Waals surface area contributed by atoms with Crippen molar-refractivity contribution in [2.45, 2.75) is 4.90 Å². The predicted octanol–water partition coefficient (Wildman–Crippen LogP) is 0.582. The van der Waals surface area contributed by atoms with E-state index in [0.29, 0.717) is 5.30 Å². The van der Waals surface area contributed by atoms with E-state index in [4.69, 9.17) is 5.14 Å². The Morgan fingerprint density at radius 1 is 1.14 bits per heavy atom. The third-order valence-corrected chi connectivity index (χ3v) is 4.26. The van der Waals surface area contributed by atoms with Gasteiger partial charge < -0.3 is 4.57 Å². The first-order chi connectivity index (χ1) is 6.21. The Labute approximate surface area is 83.6 Å². The zero-order valence-electron chi connectivity index (χ0n) is 7.97. The summed E-state index contributed by atoms with van der Waals surface area (Å²) in [6.45, 7) is 3.25. The van der Waals surface area contributed by atoms with Gasteiger partial charge in [-0.25, -0.2) is 13.6 Å². The SMILES string of the molecule is CP(C)(=O)c1ccc(S(N)(=O)=O)cc1. The number of primary sulfonamides is 1. The summed E-state index contributed by atoms with van der Waals surface area (Å²) in [5.41, 5.74) is 0. The van der Waals surface area contributed by atoms with Crippen molar-refractivity contribution in [3.63, 3.8) is 0 Å². The van der Waals surface area contributed by atoms with Crippen molar-refractivity contribution in [2.24, 2.45) is 5.14 Å². The fraction of sp³-hybridized carbons (Fsp3) is 0.250. The summed E-state index contributed by atoms with van der Waals surface area (Å²) in [7, 11) is -5.98. The van der Waals surface area contributed by atoms with E-state index >= 15 is 0 Å². The molecule has 1 rings (SSSR count). The average molecular weight is 233 g/mol. The summed E-state index contributed by atoms with van der Waals surface area (Å²) >= 11 is 0. The Balaban J connectivity index is 3.21. The van der Waals surface area contributed by atoms with Crippen LogP contribution in [0.4, 0.5) is 0 Å². The molecule has 0 aliphatic heterocycles. The number of hydrogen-bond donors (Lipinski definition) is 1. The van der Waals surface area contributed by atoms with Crippen LogP contribution in [0.3, 0.4) is 0 Å². The molecular formula is C8H12NO3PS. The molecule has 1 aromatic rings. The highest BCUT2D eigenvalue weighted by atomic mass is 32.2. The first-order valence-corrected chi connectivity index (χ1v) is 8.04. The first-order valence-electron chi connectivity index (χ1n) is 3.90. The van der Waals surface area contributed by atoms with Gasteiger partial charge in [0.1, 0.15) is 7.14 Å². The lowest BCUT2D eigenvalue weighted by molar-refractivity contribution is 0.588. The van der Waals surface area contributed by atoms with Gasteiger partial charge in [-0.2, -0.15) is 0 Å². The first kappa shape index (κ1) is 11.4. The van der Waals surface area contributed by atoms with E-state index < -0.39 is 17.2 Å². The van der Waals surface area contributed by atoms with Gasteiger partial charge in [-0.1, -0.05) is 12.1 Å². The van der Waals surface area contributed by atoms with E-state index in [1.165, 1.54) is 24.3 Å². The molecular weight excluding hydrogens is 221 g/mol. The second kappa shape index (κ2) is 3.50. The van der Waals surface area contributed by atoms with Crippen LogP contribution in [0.2, 0.25) is 0 Å². The molecule has 0 bridgehead atoms. The van der Waals surface area contributed by atoms with Gasteiger partial charge in [-0.05, 0) is 25.5 Å². The van der Waals surface area contributed by atoms with Gasteiger partial charge >= 0.3 is 0 Å². The lowest BCUT2D eigenvalue weighted by Crippen LogP contribution is -2.13. The van der Waals surface area contributed by atoms with Gasteiger partial charge in [-0.3, -0.25) is 0 Å². The Morgan fingerprint density at radius 3 is 1.86 bits per heavy atom. The minimum absolute atomic E-state index is 0.0368.